The molecule has 0 amide bonds. The summed E-state index contributed by atoms with van der Waals surface area (Å²) in [6.45, 7) is 7.24. The van der Waals surface area contributed by atoms with Gasteiger partial charge in [-0.1, -0.05) is 58.0 Å². The van der Waals surface area contributed by atoms with Crippen LogP contribution in [0.2, 0.25) is 0 Å². The zero-order valence-corrected chi connectivity index (χ0v) is 16.5. The summed E-state index contributed by atoms with van der Waals surface area (Å²) in [7, 11) is -3.93. The summed E-state index contributed by atoms with van der Waals surface area (Å²) in [6, 6.07) is 8.96. The lowest BCUT2D eigenvalue weighted by Crippen LogP contribution is -2.30. The second-order valence-corrected chi connectivity index (χ2v) is 9.24. The molecule has 1 heterocycles. The summed E-state index contributed by atoms with van der Waals surface area (Å²) in [5, 5.41) is 7.69. The van der Waals surface area contributed by atoms with E-state index in [-0.39, 0.29) is 17.5 Å². The molecule has 1 unspecified atom stereocenters. The molecule has 2 rings (SSSR count). The van der Waals surface area contributed by atoms with Gasteiger partial charge in [-0.2, -0.15) is 0 Å². The Morgan fingerprint density at radius 3 is 2.35 bits per heavy atom. The lowest BCUT2D eigenvalue weighted by molar-refractivity contribution is -0.123. The van der Waals surface area contributed by atoms with E-state index in [2.05, 4.69) is 10.2 Å². The molecule has 2 N–H and O–H groups in total. The van der Waals surface area contributed by atoms with Gasteiger partial charge in [-0.25, -0.2) is 8.42 Å². The van der Waals surface area contributed by atoms with E-state index in [0.717, 1.165) is 5.56 Å². The first-order valence-corrected chi connectivity index (χ1v) is 10.2. The van der Waals surface area contributed by atoms with Crippen molar-refractivity contribution in [3.05, 3.63) is 41.7 Å². The molecule has 2 aromatic rings. The average molecular weight is 378 g/mol. The van der Waals surface area contributed by atoms with Crippen LogP contribution < -0.4 is 5.73 Å². The van der Waals surface area contributed by atoms with E-state index >= 15 is 0 Å². The van der Waals surface area contributed by atoms with Crippen molar-refractivity contribution < 1.29 is 13.2 Å². The molecule has 0 saturated carbocycles. The van der Waals surface area contributed by atoms with Gasteiger partial charge >= 0.3 is 0 Å². The predicted octanol–water partition coefficient (Wildman–Crippen LogP) is 2.13. The number of Topliss-reactive ketones (excluding diaryl/α,β-unsaturated/α-hetero) is 1. The Morgan fingerprint density at radius 2 is 1.81 bits per heavy atom. The monoisotopic (exact) mass is 378 g/mol. The first kappa shape index (κ1) is 20.3. The number of carbonyl (C=O) groups excluding carboxylic acids is 1. The molecule has 1 aromatic heterocycles. The summed E-state index contributed by atoms with van der Waals surface area (Å²) >= 11 is 0. The van der Waals surface area contributed by atoms with Crippen molar-refractivity contribution in [3.63, 3.8) is 0 Å². The van der Waals surface area contributed by atoms with E-state index in [1.54, 1.807) is 20.8 Å². The van der Waals surface area contributed by atoms with Gasteiger partial charge in [-0.15, -0.1) is 10.2 Å². The summed E-state index contributed by atoms with van der Waals surface area (Å²) in [5.41, 5.74) is 6.24. The molecule has 0 radical (unpaired) electrons. The number of nitrogens with zero attached hydrogens (tertiary/aromatic N) is 3. The fraction of sp³-hybridized carbons (Fsp3) is 0.500. The third-order valence-electron chi connectivity index (χ3n) is 4.14. The molecule has 0 aliphatic heterocycles. The minimum atomic E-state index is -3.93. The standard InChI is InChI=1S/C18H26N4O3S/c1-5-14(19)16-20-21-17(22(16)11-13-9-7-6-8-10-13)26(24,25)12-15(23)18(2,3)4/h6-10,14H,5,11-12,19H2,1-4H3. The molecule has 26 heavy (non-hydrogen) atoms. The quantitative estimate of drug-likeness (QED) is 0.791. The number of carbonyl (C=O) groups is 1. The molecule has 0 spiro atoms. The van der Waals surface area contributed by atoms with Gasteiger partial charge < -0.3 is 5.73 Å². The summed E-state index contributed by atoms with van der Waals surface area (Å²) in [6.07, 6.45) is 0.591. The molecular formula is C18H26N4O3S. The normalized spacial score (nSPS) is 13.6. The Kier molecular flexibility index (Phi) is 5.98. The van der Waals surface area contributed by atoms with Gasteiger partial charge in [-0.3, -0.25) is 9.36 Å². The van der Waals surface area contributed by atoms with Crippen LogP contribution >= 0.6 is 0 Å². The Bertz CT molecular complexity index is 868. The lowest BCUT2D eigenvalue weighted by atomic mass is 9.92. The molecule has 1 atom stereocenters. The molecule has 0 saturated heterocycles. The number of rotatable bonds is 7. The maximum Gasteiger partial charge on any atom is 0.250 e. The van der Waals surface area contributed by atoms with Crippen molar-refractivity contribution >= 4 is 15.6 Å². The van der Waals surface area contributed by atoms with Gasteiger partial charge in [0.05, 0.1) is 12.6 Å². The smallest absolute Gasteiger partial charge is 0.250 e. The minimum Gasteiger partial charge on any atom is -0.321 e. The molecule has 8 heteroatoms. The van der Waals surface area contributed by atoms with Crippen molar-refractivity contribution in [2.45, 2.75) is 51.9 Å². The molecule has 0 bridgehead atoms. The van der Waals surface area contributed by atoms with Crippen LogP contribution in [-0.2, 0) is 21.2 Å². The van der Waals surface area contributed by atoms with Crippen LogP contribution in [0.5, 0.6) is 0 Å². The first-order valence-electron chi connectivity index (χ1n) is 8.55. The largest absolute Gasteiger partial charge is 0.321 e. The Labute approximate surface area is 154 Å². The van der Waals surface area contributed by atoms with E-state index in [4.69, 9.17) is 5.73 Å². The van der Waals surface area contributed by atoms with Gasteiger partial charge in [0.2, 0.25) is 9.84 Å². The number of hydrogen-bond acceptors (Lipinski definition) is 6. The predicted molar refractivity (Wildman–Crippen MR) is 99.3 cm³/mol. The fourth-order valence-electron chi connectivity index (χ4n) is 2.36. The molecule has 0 aliphatic rings. The van der Waals surface area contributed by atoms with Crippen molar-refractivity contribution in [2.75, 3.05) is 5.75 Å². The summed E-state index contributed by atoms with van der Waals surface area (Å²) in [5.74, 6) is -0.573. The highest BCUT2D eigenvalue weighted by Gasteiger charge is 2.32. The van der Waals surface area contributed by atoms with Crippen LogP contribution in [0.4, 0.5) is 0 Å². The maximum atomic E-state index is 12.8. The number of aromatic nitrogens is 3. The Morgan fingerprint density at radius 1 is 1.19 bits per heavy atom. The minimum absolute atomic E-state index is 0.210. The number of ketones is 1. The van der Waals surface area contributed by atoms with Crippen molar-refractivity contribution in [2.24, 2.45) is 11.1 Å². The lowest BCUT2D eigenvalue weighted by Gasteiger charge is -2.17. The van der Waals surface area contributed by atoms with Crippen molar-refractivity contribution in [3.8, 4) is 0 Å². The van der Waals surface area contributed by atoms with Crippen LogP contribution in [-0.4, -0.2) is 34.7 Å². The van der Waals surface area contributed by atoms with Crippen LogP contribution in [0, 0.1) is 5.41 Å². The zero-order chi connectivity index (χ0) is 19.5. The Balaban J connectivity index is 2.48. The van der Waals surface area contributed by atoms with E-state index in [0.29, 0.717) is 12.2 Å². The molecule has 0 fully saturated rings. The van der Waals surface area contributed by atoms with Gasteiger partial charge in [0.1, 0.15) is 5.75 Å². The zero-order valence-electron chi connectivity index (χ0n) is 15.6. The van der Waals surface area contributed by atoms with E-state index in [1.807, 2.05) is 37.3 Å². The molecule has 0 aliphatic carbocycles. The number of nitrogens with two attached hydrogens (primary N) is 1. The average Bonchev–Trinajstić information content (AvgIpc) is 2.98. The number of hydrogen-bond donors (Lipinski definition) is 1. The van der Waals surface area contributed by atoms with Crippen molar-refractivity contribution in [1.29, 1.82) is 0 Å². The van der Waals surface area contributed by atoms with Crippen LogP contribution in [0.3, 0.4) is 0 Å². The van der Waals surface area contributed by atoms with Crippen molar-refractivity contribution in [1.82, 2.24) is 14.8 Å². The van der Waals surface area contributed by atoms with Gasteiger partial charge in [-0.05, 0) is 12.0 Å². The molecule has 142 valence electrons. The first-order chi connectivity index (χ1) is 12.1. The maximum absolute atomic E-state index is 12.8. The van der Waals surface area contributed by atoms with Crippen LogP contribution in [0.25, 0.3) is 0 Å². The van der Waals surface area contributed by atoms with Crippen LogP contribution in [0.1, 0.15) is 51.5 Å². The SMILES string of the molecule is CCC(N)c1nnc(S(=O)(=O)CC(=O)C(C)(C)C)n1Cc1ccccc1. The third-order valence-corrected chi connectivity index (χ3v) is 5.64. The van der Waals surface area contributed by atoms with Gasteiger partial charge in [0, 0.05) is 5.41 Å². The van der Waals surface area contributed by atoms with E-state index in [1.165, 1.54) is 4.57 Å². The molecular weight excluding hydrogens is 352 g/mol. The Hall–Kier alpha value is -2.06. The topological polar surface area (TPSA) is 108 Å². The van der Waals surface area contributed by atoms with E-state index < -0.39 is 27.0 Å². The number of benzene rings is 1. The molecule has 1 aromatic carbocycles. The second kappa shape index (κ2) is 7.67. The van der Waals surface area contributed by atoms with Crippen LogP contribution in [0.15, 0.2) is 35.5 Å². The highest BCUT2D eigenvalue weighted by atomic mass is 32.2. The number of sulfone groups is 1. The summed E-state index contributed by atoms with van der Waals surface area (Å²) < 4.78 is 27.2. The highest BCUT2D eigenvalue weighted by Crippen LogP contribution is 2.22. The fourth-order valence-corrected chi connectivity index (χ4v) is 3.92. The second-order valence-electron chi connectivity index (χ2n) is 7.36. The van der Waals surface area contributed by atoms with E-state index in [9.17, 15) is 13.2 Å². The molecule has 7 nitrogen and oxygen atoms in total. The summed E-state index contributed by atoms with van der Waals surface area (Å²) in [4.78, 5) is 12.3. The van der Waals surface area contributed by atoms with Gasteiger partial charge in [0.15, 0.2) is 11.6 Å². The van der Waals surface area contributed by atoms with Gasteiger partial charge in [0.25, 0.3) is 5.16 Å². The highest BCUT2D eigenvalue weighted by molar-refractivity contribution is 7.92. The third kappa shape index (κ3) is 4.56.